The number of halogens is 1. The molecule has 21 heavy (non-hydrogen) atoms. The predicted molar refractivity (Wildman–Crippen MR) is 84.6 cm³/mol. The van der Waals surface area contributed by atoms with Crippen molar-refractivity contribution in [3.63, 3.8) is 0 Å². The molecule has 0 aliphatic heterocycles. The standard InChI is InChI=1S/C18H23FN2/c1-4-18(20,17-10-9-16(19)12-21-17)11-14-5-7-15(8-6-14)13(2)3/h5-10,12-13H,4,11,20H2,1-3H3. The number of aromatic nitrogens is 1. The average molecular weight is 286 g/mol. The Labute approximate surface area is 126 Å². The quantitative estimate of drug-likeness (QED) is 0.896. The Kier molecular flexibility index (Phi) is 4.73. The first kappa shape index (κ1) is 15.6. The summed E-state index contributed by atoms with van der Waals surface area (Å²) in [6.45, 7) is 6.39. The van der Waals surface area contributed by atoms with E-state index in [1.807, 2.05) is 6.92 Å². The summed E-state index contributed by atoms with van der Waals surface area (Å²) in [4.78, 5) is 4.16. The van der Waals surface area contributed by atoms with Crippen molar-refractivity contribution < 1.29 is 4.39 Å². The van der Waals surface area contributed by atoms with Crippen molar-refractivity contribution in [2.75, 3.05) is 0 Å². The van der Waals surface area contributed by atoms with Crippen LogP contribution >= 0.6 is 0 Å². The molecule has 2 aromatic rings. The monoisotopic (exact) mass is 286 g/mol. The molecule has 1 aromatic carbocycles. The van der Waals surface area contributed by atoms with E-state index in [9.17, 15) is 4.39 Å². The second kappa shape index (κ2) is 6.35. The molecule has 0 bridgehead atoms. The fourth-order valence-electron chi connectivity index (χ4n) is 2.45. The topological polar surface area (TPSA) is 38.9 Å². The molecule has 0 spiro atoms. The molecule has 0 radical (unpaired) electrons. The molecular weight excluding hydrogens is 263 g/mol. The van der Waals surface area contributed by atoms with Gasteiger partial charge in [-0.25, -0.2) is 4.39 Å². The van der Waals surface area contributed by atoms with E-state index in [1.54, 1.807) is 6.07 Å². The van der Waals surface area contributed by atoms with Crippen LogP contribution in [-0.2, 0) is 12.0 Å². The maximum atomic E-state index is 13.0. The molecule has 1 atom stereocenters. The molecule has 0 aliphatic carbocycles. The molecule has 2 nitrogen and oxygen atoms in total. The molecule has 1 heterocycles. The summed E-state index contributed by atoms with van der Waals surface area (Å²) in [6, 6.07) is 11.6. The minimum Gasteiger partial charge on any atom is -0.320 e. The number of nitrogens with two attached hydrogens (primary N) is 1. The van der Waals surface area contributed by atoms with Crippen LogP contribution in [0.5, 0.6) is 0 Å². The van der Waals surface area contributed by atoms with Crippen molar-refractivity contribution in [2.24, 2.45) is 5.73 Å². The molecule has 3 heteroatoms. The first-order valence-electron chi connectivity index (χ1n) is 7.44. The summed E-state index contributed by atoms with van der Waals surface area (Å²) >= 11 is 0. The second-order valence-corrected chi connectivity index (χ2v) is 5.94. The Bertz CT molecular complexity index is 575. The molecule has 1 unspecified atom stereocenters. The maximum absolute atomic E-state index is 13.0. The summed E-state index contributed by atoms with van der Waals surface area (Å²) < 4.78 is 13.0. The van der Waals surface area contributed by atoms with Gasteiger partial charge >= 0.3 is 0 Å². The van der Waals surface area contributed by atoms with Gasteiger partial charge in [0.15, 0.2) is 0 Å². The Morgan fingerprint density at radius 2 is 1.81 bits per heavy atom. The molecule has 2 rings (SSSR count). The third-order valence-electron chi connectivity index (χ3n) is 4.03. The lowest BCUT2D eigenvalue weighted by Gasteiger charge is -2.28. The van der Waals surface area contributed by atoms with Crippen LogP contribution in [0.15, 0.2) is 42.6 Å². The van der Waals surface area contributed by atoms with Gasteiger partial charge in [0.2, 0.25) is 0 Å². The summed E-state index contributed by atoms with van der Waals surface area (Å²) in [5.74, 6) is 0.185. The van der Waals surface area contributed by atoms with Crippen LogP contribution in [-0.4, -0.2) is 4.98 Å². The molecule has 2 N–H and O–H groups in total. The van der Waals surface area contributed by atoms with Gasteiger partial charge in [-0.05, 0) is 42.0 Å². The van der Waals surface area contributed by atoms with E-state index in [0.717, 1.165) is 12.1 Å². The van der Waals surface area contributed by atoms with Gasteiger partial charge in [0.25, 0.3) is 0 Å². The smallest absolute Gasteiger partial charge is 0.141 e. The van der Waals surface area contributed by atoms with Crippen molar-refractivity contribution in [1.82, 2.24) is 4.98 Å². The summed E-state index contributed by atoms with van der Waals surface area (Å²) in [5.41, 5.74) is 9.18. The Morgan fingerprint density at radius 1 is 1.14 bits per heavy atom. The van der Waals surface area contributed by atoms with Crippen LogP contribution in [0.4, 0.5) is 4.39 Å². The number of nitrogens with zero attached hydrogens (tertiary/aromatic N) is 1. The molecule has 0 amide bonds. The SMILES string of the molecule is CCC(N)(Cc1ccc(C(C)C)cc1)c1ccc(F)cn1. The number of pyridine rings is 1. The van der Waals surface area contributed by atoms with E-state index in [-0.39, 0.29) is 5.82 Å². The lowest BCUT2D eigenvalue weighted by atomic mass is 9.85. The molecule has 0 fully saturated rings. The molecule has 0 saturated heterocycles. The van der Waals surface area contributed by atoms with E-state index >= 15 is 0 Å². The van der Waals surface area contributed by atoms with Crippen molar-refractivity contribution in [2.45, 2.75) is 45.1 Å². The Balaban J connectivity index is 2.23. The van der Waals surface area contributed by atoms with Gasteiger partial charge in [0, 0.05) is 0 Å². The number of rotatable bonds is 5. The third-order valence-corrected chi connectivity index (χ3v) is 4.03. The van der Waals surface area contributed by atoms with E-state index in [2.05, 4.69) is 43.1 Å². The minimum absolute atomic E-state index is 0.335. The molecule has 0 aliphatic rings. The zero-order valence-corrected chi connectivity index (χ0v) is 12.9. The highest BCUT2D eigenvalue weighted by molar-refractivity contribution is 5.28. The van der Waals surface area contributed by atoms with Crippen LogP contribution in [0.25, 0.3) is 0 Å². The zero-order chi connectivity index (χ0) is 15.5. The van der Waals surface area contributed by atoms with Gasteiger partial charge in [-0.3, -0.25) is 4.98 Å². The Morgan fingerprint density at radius 3 is 2.29 bits per heavy atom. The molecule has 0 saturated carbocycles. The lowest BCUT2D eigenvalue weighted by Crippen LogP contribution is -2.39. The number of hydrogen-bond acceptors (Lipinski definition) is 2. The van der Waals surface area contributed by atoms with E-state index < -0.39 is 5.54 Å². The number of benzene rings is 1. The van der Waals surface area contributed by atoms with Gasteiger partial charge in [-0.15, -0.1) is 0 Å². The van der Waals surface area contributed by atoms with Crippen LogP contribution in [0.2, 0.25) is 0 Å². The first-order valence-corrected chi connectivity index (χ1v) is 7.44. The lowest BCUT2D eigenvalue weighted by molar-refractivity contribution is 0.410. The van der Waals surface area contributed by atoms with Crippen molar-refractivity contribution in [3.8, 4) is 0 Å². The Hall–Kier alpha value is -1.74. The molecular formula is C18H23FN2. The highest BCUT2D eigenvalue weighted by Gasteiger charge is 2.27. The summed E-state index contributed by atoms with van der Waals surface area (Å²) in [6.07, 6.45) is 2.67. The highest BCUT2D eigenvalue weighted by Crippen LogP contribution is 2.26. The van der Waals surface area contributed by atoms with Gasteiger partial charge in [-0.1, -0.05) is 45.0 Å². The van der Waals surface area contributed by atoms with Crippen LogP contribution < -0.4 is 5.73 Å². The second-order valence-electron chi connectivity index (χ2n) is 5.94. The summed E-state index contributed by atoms with van der Waals surface area (Å²) in [5, 5.41) is 0. The van der Waals surface area contributed by atoms with E-state index in [1.165, 1.54) is 23.4 Å². The van der Waals surface area contributed by atoms with Crippen molar-refractivity contribution in [1.29, 1.82) is 0 Å². The van der Waals surface area contributed by atoms with E-state index in [0.29, 0.717) is 12.3 Å². The normalized spacial score (nSPS) is 14.2. The zero-order valence-electron chi connectivity index (χ0n) is 12.9. The number of hydrogen-bond donors (Lipinski definition) is 1. The van der Waals surface area contributed by atoms with Crippen LogP contribution in [0.1, 0.15) is 49.9 Å². The fourth-order valence-corrected chi connectivity index (χ4v) is 2.45. The van der Waals surface area contributed by atoms with Crippen molar-refractivity contribution >= 4 is 0 Å². The van der Waals surface area contributed by atoms with Crippen molar-refractivity contribution in [3.05, 3.63) is 65.2 Å². The first-order chi connectivity index (χ1) is 9.94. The third kappa shape index (κ3) is 3.67. The molecule has 1 aromatic heterocycles. The minimum atomic E-state index is -0.562. The van der Waals surface area contributed by atoms with Crippen LogP contribution in [0.3, 0.4) is 0 Å². The average Bonchev–Trinajstić information content (AvgIpc) is 2.48. The maximum Gasteiger partial charge on any atom is 0.141 e. The van der Waals surface area contributed by atoms with Gasteiger partial charge in [-0.2, -0.15) is 0 Å². The highest BCUT2D eigenvalue weighted by atomic mass is 19.1. The van der Waals surface area contributed by atoms with Gasteiger partial charge in [0.1, 0.15) is 5.82 Å². The largest absolute Gasteiger partial charge is 0.320 e. The molecule has 112 valence electrons. The van der Waals surface area contributed by atoms with Gasteiger partial charge in [0.05, 0.1) is 17.4 Å². The summed E-state index contributed by atoms with van der Waals surface area (Å²) in [7, 11) is 0. The van der Waals surface area contributed by atoms with Gasteiger partial charge < -0.3 is 5.73 Å². The van der Waals surface area contributed by atoms with Crippen LogP contribution in [0, 0.1) is 5.82 Å². The fraction of sp³-hybridized carbons (Fsp3) is 0.389. The van der Waals surface area contributed by atoms with E-state index in [4.69, 9.17) is 5.73 Å². The predicted octanol–water partition coefficient (Wildman–Crippen LogP) is 4.15.